The standard InChI is InChI=1S/C22H26FN5O2/c1-2-18(29)27-9-3-4-17(27)12-28-21(24)19(22(25)30)20(26-28)14-6-5-13-7-8-16(23)11-15(13)10-14/h2,7-8,11,14,17H,1,3-6,9-10,12,24H2,(H2,25,30). The van der Waals surface area contributed by atoms with Crippen molar-refractivity contribution in [3.05, 3.63) is 59.1 Å². The summed E-state index contributed by atoms with van der Waals surface area (Å²) in [6.07, 6.45) is 5.16. The fraction of sp³-hybridized carbons (Fsp3) is 0.409. The fourth-order valence-electron chi connectivity index (χ4n) is 4.76. The number of nitrogen functional groups attached to an aromatic ring is 1. The molecule has 0 saturated carbocycles. The van der Waals surface area contributed by atoms with E-state index in [1.807, 2.05) is 6.07 Å². The molecule has 158 valence electrons. The van der Waals surface area contributed by atoms with E-state index in [0.29, 0.717) is 25.2 Å². The summed E-state index contributed by atoms with van der Waals surface area (Å²) in [4.78, 5) is 26.1. The number of primary amides is 1. The Kier molecular flexibility index (Phi) is 5.32. The van der Waals surface area contributed by atoms with E-state index in [4.69, 9.17) is 11.5 Å². The molecular formula is C22H26FN5O2. The van der Waals surface area contributed by atoms with E-state index in [1.165, 1.54) is 12.1 Å². The van der Waals surface area contributed by atoms with Gasteiger partial charge in [0.05, 0.1) is 18.3 Å². The summed E-state index contributed by atoms with van der Waals surface area (Å²) in [7, 11) is 0. The second-order valence-corrected chi connectivity index (χ2v) is 8.08. The number of aryl methyl sites for hydroxylation is 1. The molecule has 0 radical (unpaired) electrons. The summed E-state index contributed by atoms with van der Waals surface area (Å²) >= 11 is 0. The molecule has 8 heteroatoms. The Balaban J connectivity index is 1.64. The van der Waals surface area contributed by atoms with Gasteiger partial charge in [0, 0.05) is 12.5 Å². The number of carbonyl (C=O) groups is 2. The van der Waals surface area contributed by atoms with Gasteiger partial charge >= 0.3 is 0 Å². The third-order valence-corrected chi connectivity index (χ3v) is 6.27. The molecule has 0 spiro atoms. The molecule has 2 amide bonds. The largest absolute Gasteiger partial charge is 0.383 e. The molecule has 1 aliphatic carbocycles. The van der Waals surface area contributed by atoms with Crippen LogP contribution in [0.5, 0.6) is 0 Å². The molecular weight excluding hydrogens is 385 g/mol. The number of likely N-dealkylation sites (tertiary alicyclic amines) is 1. The molecule has 4 N–H and O–H groups in total. The molecule has 30 heavy (non-hydrogen) atoms. The lowest BCUT2D eigenvalue weighted by Gasteiger charge is -2.24. The van der Waals surface area contributed by atoms with Crippen LogP contribution >= 0.6 is 0 Å². The molecule has 2 unspecified atom stereocenters. The van der Waals surface area contributed by atoms with Gasteiger partial charge < -0.3 is 16.4 Å². The van der Waals surface area contributed by atoms with Gasteiger partial charge in [-0.2, -0.15) is 5.10 Å². The third kappa shape index (κ3) is 3.58. The van der Waals surface area contributed by atoms with E-state index < -0.39 is 5.91 Å². The lowest BCUT2D eigenvalue weighted by Crippen LogP contribution is -2.37. The number of anilines is 1. The first-order chi connectivity index (χ1) is 14.4. The molecule has 2 atom stereocenters. The molecule has 7 nitrogen and oxygen atoms in total. The molecule has 1 saturated heterocycles. The SMILES string of the molecule is C=CC(=O)N1CCCC1Cn1nc(C2CCc3ccc(F)cc3C2)c(C(N)=O)c1N. The second-order valence-electron chi connectivity index (χ2n) is 8.08. The third-order valence-electron chi connectivity index (χ3n) is 6.27. The molecule has 1 aromatic heterocycles. The van der Waals surface area contributed by atoms with Crippen LogP contribution in [0.3, 0.4) is 0 Å². The van der Waals surface area contributed by atoms with Crippen LogP contribution < -0.4 is 11.5 Å². The molecule has 2 heterocycles. The summed E-state index contributed by atoms with van der Waals surface area (Å²) in [5.74, 6) is -0.864. The van der Waals surface area contributed by atoms with Crippen LogP contribution in [0.1, 0.15) is 52.4 Å². The maximum Gasteiger partial charge on any atom is 0.254 e. The monoisotopic (exact) mass is 411 g/mol. The van der Waals surface area contributed by atoms with Crippen molar-refractivity contribution in [2.45, 2.75) is 50.6 Å². The summed E-state index contributed by atoms with van der Waals surface area (Å²) < 4.78 is 15.3. The normalized spacial score (nSPS) is 20.8. The maximum atomic E-state index is 13.7. The number of nitrogens with two attached hydrogens (primary N) is 2. The zero-order chi connectivity index (χ0) is 21.4. The number of benzene rings is 1. The highest BCUT2D eigenvalue weighted by molar-refractivity contribution is 5.98. The summed E-state index contributed by atoms with van der Waals surface area (Å²) in [5, 5.41) is 4.67. The predicted molar refractivity (Wildman–Crippen MR) is 111 cm³/mol. The topological polar surface area (TPSA) is 107 Å². The van der Waals surface area contributed by atoms with Gasteiger partial charge in [-0.05, 0) is 61.4 Å². The Hall–Kier alpha value is -3.16. The van der Waals surface area contributed by atoms with Crippen LogP contribution in [0.15, 0.2) is 30.9 Å². The molecule has 2 aromatic rings. The Labute approximate surface area is 174 Å². The van der Waals surface area contributed by atoms with Gasteiger partial charge in [-0.15, -0.1) is 0 Å². The minimum atomic E-state index is -0.621. The van der Waals surface area contributed by atoms with E-state index in [9.17, 15) is 14.0 Å². The first-order valence-electron chi connectivity index (χ1n) is 10.2. The Morgan fingerprint density at radius 1 is 1.30 bits per heavy atom. The van der Waals surface area contributed by atoms with Gasteiger partial charge in [-0.3, -0.25) is 9.59 Å². The number of hydrogen-bond acceptors (Lipinski definition) is 4. The number of fused-ring (bicyclic) bond motifs is 1. The molecule has 0 bridgehead atoms. The van der Waals surface area contributed by atoms with E-state index >= 15 is 0 Å². The van der Waals surface area contributed by atoms with Gasteiger partial charge in [0.1, 0.15) is 17.2 Å². The van der Waals surface area contributed by atoms with Crippen LogP contribution in [0.2, 0.25) is 0 Å². The quantitative estimate of drug-likeness (QED) is 0.735. The smallest absolute Gasteiger partial charge is 0.254 e. The van der Waals surface area contributed by atoms with Gasteiger partial charge in [0.25, 0.3) is 5.91 Å². The Morgan fingerprint density at radius 2 is 2.10 bits per heavy atom. The summed E-state index contributed by atoms with van der Waals surface area (Å²) in [6.45, 7) is 4.62. The van der Waals surface area contributed by atoms with Gasteiger partial charge in [-0.1, -0.05) is 12.6 Å². The maximum absolute atomic E-state index is 13.7. The lowest BCUT2D eigenvalue weighted by molar-refractivity contribution is -0.127. The zero-order valence-corrected chi connectivity index (χ0v) is 16.8. The summed E-state index contributed by atoms with van der Waals surface area (Å²) in [6, 6.07) is 4.77. The number of amides is 2. The second kappa shape index (κ2) is 7.93. The van der Waals surface area contributed by atoms with Crippen LogP contribution in [-0.4, -0.2) is 39.1 Å². The lowest BCUT2D eigenvalue weighted by atomic mass is 9.81. The fourth-order valence-corrected chi connectivity index (χ4v) is 4.76. The van der Waals surface area contributed by atoms with Crippen molar-refractivity contribution in [3.8, 4) is 0 Å². The average molecular weight is 411 g/mol. The van der Waals surface area contributed by atoms with E-state index in [1.54, 1.807) is 15.6 Å². The Bertz CT molecular complexity index is 1020. The molecule has 1 aliphatic heterocycles. The van der Waals surface area contributed by atoms with Crippen molar-refractivity contribution in [1.29, 1.82) is 0 Å². The number of halogens is 1. The minimum absolute atomic E-state index is 0.0625. The molecule has 1 aromatic carbocycles. The van der Waals surface area contributed by atoms with Gasteiger partial charge in [0.15, 0.2) is 0 Å². The highest BCUT2D eigenvalue weighted by Gasteiger charge is 2.32. The number of rotatable bonds is 5. The van der Waals surface area contributed by atoms with E-state index in [0.717, 1.165) is 36.8 Å². The van der Waals surface area contributed by atoms with Crippen molar-refractivity contribution in [3.63, 3.8) is 0 Å². The summed E-state index contributed by atoms with van der Waals surface area (Å²) in [5.41, 5.74) is 14.8. The molecule has 1 fully saturated rings. The number of nitrogens with zero attached hydrogens (tertiary/aromatic N) is 3. The number of carbonyl (C=O) groups excluding carboxylic acids is 2. The zero-order valence-electron chi connectivity index (χ0n) is 16.8. The van der Waals surface area contributed by atoms with Crippen LogP contribution in [0.4, 0.5) is 10.2 Å². The van der Waals surface area contributed by atoms with Gasteiger partial charge in [0.2, 0.25) is 5.91 Å². The van der Waals surface area contributed by atoms with Crippen molar-refractivity contribution >= 4 is 17.6 Å². The highest BCUT2D eigenvalue weighted by atomic mass is 19.1. The minimum Gasteiger partial charge on any atom is -0.383 e. The van der Waals surface area contributed by atoms with Crippen LogP contribution in [0, 0.1) is 5.82 Å². The van der Waals surface area contributed by atoms with Crippen molar-refractivity contribution < 1.29 is 14.0 Å². The molecule has 4 rings (SSSR count). The van der Waals surface area contributed by atoms with Crippen LogP contribution in [0.25, 0.3) is 0 Å². The predicted octanol–water partition coefficient (Wildman–Crippen LogP) is 2.15. The first-order valence-corrected chi connectivity index (χ1v) is 10.2. The first kappa shape index (κ1) is 20.1. The van der Waals surface area contributed by atoms with Crippen LogP contribution in [-0.2, 0) is 24.2 Å². The van der Waals surface area contributed by atoms with Gasteiger partial charge in [-0.25, -0.2) is 9.07 Å². The Morgan fingerprint density at radius 3 is 2.83 bits per heavy atom. The number of hydrogen-bond donors (Lipinski definition) is 2. The van der Waals surface area contributed by atoms with Crippen molar-refractivity contribution in [1.82, 2.24) is 14.7 Å². The highest BCUT2D eigenvalue weighted by Crippen LogP contribution is 2.36. The van der Waals surface area contributed by atoms with Crippen molar-refractivity contribution in [2.75, 3.05) is 12.3 Å². The van der Waals surface area contributed by atoms with E-state index in [2.05, 4.69) is 11.7 Å². The van der Waals surface area contributed by atoms with Crippen molar-refractivity contribution in [2.24, 2.45) is 5.73 Å². The van der Waals surface area contributed by atoms with E-state index in [-0.39, 0.29) is 35.1 Å². The molecule has 2 aliphatic rings. The average Bonchev–Trinajstić information content (AvgIpc) is 3.31. The number of aromatic nitrogens is 2.